The maximum absolute atomic E-state index is 3.83. The van der Waals surface area contributed by atoms with E-state index < -0.39 is 0 Å². The minimum Gasteiger partial charge on any atom is -0.299 e. The highest BCUT2D eigenvalue weighted by atomic mass is 15.9. The lowest BCUT2D eigenvalue weighted by atomic mass is 9.92. The largest absolute Gasteiger partial charge is 0.299 e. The Kier molecular flexibility index (Phi) is 4.32. The summed E-state index contributed by atoms with van der Waals surface area (Å²) in [6, 6.07) is 0.650. The molecule has 2 rings (SSSR count). The molecule has 2 aliphatic rings. The molecule has 0 aromatic heterocycles. The van der Waals surface area contributed by atoms with Crippen LogP contribution in [0.2, 0.25) is 0 Å². The van der Waals surface area contributed by atoms with Crippen LogP contribution in [-0.2, 0) is 0 Å². The van der Waals surface area contributed by atoms with Gasteiger partial charge in [-0.05, 0) is 33.9 Å². The maximum atomic E-state index is 3.83. The van der Waals surface area contributed by atoms with Crippen LogP contribution in [0.15, 0.2) is 0 Å². The monoisotopic (exact) mass is 255 g/mol. The first-order chi connectivity index (χ1) is 8.42. The van der Waals surface area contributed by atoms with Crippen LogP contribution in [0, 0.1) is 5.92 Å². The first-order valence-electron chi connectivity index (χ1n) is 7.41. The third-order valence-corrected chi connectivity index (χ3v) is 4.80. The second-order valence-corrected chi connectivity index (χ2v) is 6.84. The standard InChI is InChI=1S/C14H31N4/c1-12-8-6-7-9-13(14(15-12)16(2)3)10-18(5)11-17(18)4/h12-15H,6-11H2,1-5H3/q+1. The van der Waals surface area contributed by atoms with Gasteiger partial charge in [0, 0.05) is 19.0 Å². The molecule has 2 fully saturated rings. The van der Waals surface area contributed by atoms with Crippen LogP contribution in [0.5, 0.6) is 0 Å². The van der Waals surface area contributed by atoms with Gasteiger partial charge in [0.2, 0.25) is 0 Å². The molecule has 4 nitrogen and oxygen atoms in total. The number of rotatable bonds is 3. The maximum Gasteiger partial charge on any atom is 0.195 e. The minimum absolute atomic E-state index is 0.532. The molecule has 0 radical (unpaired) electrons. The van der Waals surface area contributed by atoms with Gasteiger partial charge in [0.15, 0.2) is 6.67 Å². The summed E-state index contributed by atoms with van der Waals surface area (Å²) in [6.07, 6.45) is 5.99. The fraction of sp³-hybridized carbons (Fsp3) is 1.00. The molecule has 0 aliphatic carbocycles. The predicted octanol–water partition coefficient (Wildman–Crippen LogP) is 1.31. The molecule has 0 aromatic carbocycles. The molecule has 0 bridgehead atoms. The van der Waals surface area contributed by atoms with E-state index in [9.17, 15) is 0 Å². The van der Waals surface area contributed by atoms with Gasteiger partial charge in [0.25, 0.3) is 0 Å². The van der Waals surface area contributed by atoms with Crippen molar-refractivity contribution in [3.63, 3.8) is 0 Å². The molecule has 1 N–H and O–H groups in total. The van der Waals surface area contributed by atoms with Gasteiger partial charge >= 0.3 is 0 Å². The van der Waals surface area contributed by atoms with Gasteiger partial charge in [-0.2, -0.15) is 0 Å². The Morgan fingerprint density at radius 3 is 2.44 bits per heavy atom. The summed E-state index contributed by atoms with van der Waals surface area (Å²) in [5, 5.41) is 6.26. The van der Waals surface area contributed by atoms with E-state index >= 15 is 0 Å². The predicted molar refractivity (Wildman–Crippen MR) is 75.7 cm³/mol. The van der Waals surface area contributed by atoms with Crippen LogP contribution < -0.4 is 5.32 Å². The van der Waals surface area contributed by atoms with Crippen LogP contribution >= 0.6 is 0 Å². The Hall–Kier alpha value is -0.160. The third kappa shape index (κ3) is 3.23. The number of quaternary nitrogens is 1. The van der Waals surface area contributed by atoms with Gasteiger partial charge in [0.1, 0.15) is 6.54 Å². The second-order valence-electron chi connectivity index (χ2n) is 6.84. The summed E-state index contributed by atoms with van der Waals surface area (Å²) in [6.45, 7) is 4.82. The molecule has 4 heteroatoms. The van der Waals surface area contributed by atoms with Gasteiger partial charge in [0.05, 0.1) is 13.2 Å². The van der Waals surface area contributed by atoms with Gasteiger partial charge in [-0.3, -0.25) is 10.2 Å². The van der Waals surface area contributed by atoms with Crippen LogP contribution in [0.4, 0.5) is 0 Å². The van der Waals surface area contributed by atoms with E-state index in [1.807, 2.05) is 0 Å². The molecule has 2 saturated heterocycles. The number of hydrogen-bond donors (Lipinski definition) is 1. The van der Waals surface area contributed by atoms with Crippen molar-refractivity contribution >= 4 is 0 Å². The number of nitrogens with zero attached hydrogens (tertiary/aromatic N) is 3. The van der Waals surface area contributed by atoms with Crippen LogP contribution in [0.25, 0.3) is 0 Å². The smallest absolute Gasteiger partial charge is 0.195 e. The van der Waals surface area contributed by atoms with Crippen molar-refractivity contribution in [2.75, 3.05) is 41.4 Å². The Morgan fingerprint density at radius 2 is 1.89 bits per heavy atom. The topological polar surface area (TPSA) is 18.3 Å². The van der Waals surface area contributed by atoms with E-state index in [1.165, 1.54) is 38.9 Å². The molecular formula is C14H31N4+. The zero-order valence-corrected chi connectivity index (χ0v) is 12.8. The Morgan fingerprint density at radius 1 is 1.28 bits per heavy atom. The zero-order valence-electron chi connectivity index (χ0n) is 12.8. The van der Waals surface area contributed by atoms with E-state index in [0.29, 0.717) is 12.2 Å². The highest BCUT2D eigenvalue weighted by Crippen LogP contribution is 2.30. The molecule has 106 valence electrons. The van der Waals surface area contributed by atoms with Crippen molar-refractivity contribution < 1.29 is 4.59 Å². The van der Waals surface area contributed by atoms with Crippen molar-refractivity contribution in [2.24, 2.45) is 5.92 Å². The van der Waals surface area contributed by atoms with Crippen LogP contribution in [0.1, 0.15) is 32.6 Å². The van der Waals surface area contributed by atoms with Crippen molar-refractivity contribution in [3.05, 3.63) is 0 Å². The van der Waals surface area contributed by atoms with Gasteiger partial charge < -0.3 is 0 Å². The summed E-state index contributed by atoms with van der Waals surface area (Å²) in [4.78, 5) is 2.38. The summed E-state index contributed by atoms with van der Waals surface area (Å²) >= 11 is 0. The van der Waals surface area contributed by atoms with E-state index in [-0.39, 0.29) is 0 Å². The lowest BCUT2D eigenvalue weighted by Crippen LogP contribution is -2.54. The first kappa shape index (κ1) is 14.3. The highest BCUT2D eigenvalue weighted by molar-refractivity contribution is 4.80. The minimum atomic E-state index is 0.532. The molecule has 0 saturated carbocycles. The zero-order chi connectivity index (χ0) is 13.3. The first-order valence-corrected chi connectivity index (χ1v) is 7.41. The van der Waals surface area contributed by atoms with Crippen molar-refractivity contribution in [1.82, 2.24) is 15.2 Å². The SMILES string of the molecule is CC1CCCCC(C[N+]2(C)CN2C)C(N(C)C)N1. The van der Waals surface area contributed by atoms with Crippen molar-refractivity contribution in [2.45, 2.75) is 44.8 Å². The summed E-state index contributed by atoms with van der Waals surface area (Å²) < 4.78 is 1.13. The molecule has 2 heterocycles. The lowest BCUT2D eigenvalue weighted by molar-refractivity contribution is -0.849. The lowest BCUT2D eigenvalue weighted by Gasteiger charge is -2.37. The molecule has 5 atom stereocenters. The summed E-state index contributed by atoms with van der Waals surface area (Å²) in [7, 11) is 9.01. The average Bonchev–Trinajstić information content (AvgIpc) is 2.85. The van der Waals surface area contributed by atoms with Gasteiger partial charge in [-0.1, -0.05) is 12.8 Å². The van der Waals surface area contributed by atoms with E-state index in [0.717, 1.165) is 10.5 Å². The molecule has 2 aliphatic heterocycles. The highest BCUT2D eigenvalue weighted by Gasteiger charge is 2.48. The third-order valence-electron chi connectivity index (χ3n) is 4.80. The Bertz CT molecular complexity index is 281. The Labute approximate surface area is 112 Å². The van der Waals surface area contributed by atoms with Crippen LogP contribution in [-0.4, -0.2) is 68.1 Å². The quantitative estimate of drug-likeness (QED) is 0.606. The molecule has 18 heavy (non-hydrogen) atoms. The molecule has 0 aromatic rings. The van der Waals surface area contributed by atoms with E-state index in [4.69, 9.17) is 0 Å². The Balaban J connectivity index is 2.02. The second kappa shape index (κ2) is 5.45. The van der Waals surface area contributed by atoms with E-state index in [2.05, 4.69) is 50.3 Å². The molecule has 5 unspecified atom stereocenters. The number of hydrogen-bond acceptors (Lipinski definition) is 3. The van der Waals surface area contributed by atoms with Crippen LogP contribution in [0.3, 0.4) is 0 Å². The molecule has 0 amide bonds. The summed E-state index contributed by atoms with van der Waals surface area (Å²) in [5.74, 6) is 0.762. The van der Waals surface area contributed by atoms with Crippen molar-refractivity contribution in [1.29, 1.82) is 0 Å². The average molecular weight is 255 g/mol. The summed E-state index contributed by atoms with van der Waals surface area (Å²) in [5.41, 5.74) is 0. The fourth-order valence-corrected chi connectivity index (χ4v) is 3.40. The fourth-order valence-electron chi connectivity index (χ4n) is 3.40. The van der Waals surface area contributed by atoms with Gasteiger partial charge in [-0.25, -0.2) is 4.59 Å². The normalized spacial score (nSPS) is 45.7. The van der Waals surface area contributed by atoms with E-state index in [1.54, 1.807) is 0 Å². The molecular weight excluding hydrogens is 224 g/mol. The number of nitrogens with one attached hydrogen (secondary N) is 1. The molecule has 0 spiro atoms. The van der Waals surface area contributed by atoms with Crippen molar-refractivity contribution in [3.8, 4) is 0 Å². The van der Waals surface area contributed by atoms with Gasteiger partial charge in [-0.15, -0.1) is 5.01 Å².